The van der Waals surface area contributed by atoms with Gasteiger partial charge >= 0.3 is 0 Å². The number of benzene rings is 1. The first-order valence-corrected chi connectivity index (χ1v) is 7.56. The van der Waals surface area contributed by atoms with Crippen molar-refractivity contribution in [1.29, 1.82) is 0 Å². The molecule has 1 saturated carbocycles. The maximum absolute atomic E-state index is 12.2. The molecule has 19 heavy (non-hydrogen) atoms. The molecule has 0 spiro atoms. The zero-order valence-corrected chi connectivity index (χ0v) is 13.6. The van der Waals surface area contributed by atoms with Crippen LogP contribution in [-0.4, -0.2) is 36.3 Å². The minimum Gasteiger partial charge on any atom is -0.352 e. The van der Waals surface area contributed by atoms with Crippen LogP contribution < -0.4 is 5.32 Å². The maximum atomic E-state index is 12.2. The van der Waals surface area contributed by atoms with Crippen LogP contribution in [0.25, 0.3) is 0 Å². The van der Waals surface area contributed by atoms with Gasteiger partial charge in [-0.05, 0) is 47.0 Å². The van der Waals surface area contributed by atoms with E-state index in [1.807, 2.05) is 6.07 Å². The molecule has 0 radical (unpaired) electrons. The fourth-order valence-corrected chi connectivity index (χ4v) is 2.87. The van der Waals surface area contributed by atoms with Gasteiger partial charge in [0.05, 0.1) is 12.1 Å². The predicted molar refractivity (Wildman–Crippen MR) is 80.0 cm³/mol. The number of amides is 2. The Morgan fingerprint density at radius 2 is 2.05 bits per heavy atom. The monoisotopic (exact) mass is 388 g/mol. The van der Waals surface area contributed by atoms with Gasteiger partial charge in [0.25, 0.3) is 5.91 Å². The highest BCUT2D eigenvalue weighted by molar-refractivity contribution is 9.11. The van der Waals surface area contributed by atoms with Crippen molar-refractivity contribution in [2.24, 2.45) is 0 Å². The summed E-state index contributed by atoms with van der Waals surface area (Å²) in [6.45, 7) is 0.0812. The summed E-state index contributed by atoms with van der Waals surface area (Å²) < 4.78 is 1.60. The molecule has 2 amide bonds. The van der Waals surface area contributed by atoms with E-state index in [0.29, 0.717) is 16.1 Å². The Morgan fingerprint density at radius 3 is 2.63 bits per heavy atom. The summed E-state index contributed by atoms with van der Waals surface area (Å²) in [5.41, 5.74) is 0.546. The first-order valence-electron chi connectivity index (χ1n) is 5.97. The molecule has 102 valence electrons. The summed E-state index contributed by atoms with van der Waals surface area (Å²) in [6, 6.07) is 5.66. The van der Waals surface area contributed by atoms with Gasteiger partial charge in [0.15, 0.2) is 0 Å². The van der Waals surface area contributed by atoms with Crippen LogP contribution in [0.1, 0.15) is 23.2 Å². The van der Waals surface area contributed by atoms with Crippen LogP contribution in [-0.2, 0) is 4.79 Å². The van der Waals surface area contributed by atoms with Gasteiger partial charge in [0.1, 0.15) is 0 Å². The minimum atomic E-state index is -0.176. The Kier molecular flexibility index (Phi) is 4.62. The van der Waals surface area contributed by atoms with E-state index in [0.717, 1.165) is 17.3 Å². The van der Waals surface area contributed by atoms with E-state index in [-0.39, 0.29) is 18.4 Å². The van der Waals surface area contributed by atoms with Crippen LogP contribution in [0.5, 0.6) is 0 Å². The highest BCUT2D eigenvalue weighted by atomic mass is 79.9. The van der Waals surface area contributed by atoms with Gasteiger partial charge < -0.3 is 10.2 Å². The van der Waals surface area contributed by atoms with Crippen molar-refractivity contribution in [3.8, 4) is 0 Å². The first-order chi connectivity index (χ1) is 8.97. The molecule has 0 aromatic heterocycles. The third kappa shape index (κ3) is 4.04. The summed E-state index contributed by atoms with van der Waals surface area (Å²) in [6.07, 6.45) is 2.09. The number of likely N-dealkylation sites (N-methyl/N-ethyl adjacent to an activating group) is 1. The predicted octanol–water partition coefficient (Wildman–Crippen LogP) is 2.56. The molecule has 1 fully saturated rings. The van der Waals surface area contributed by atoms with Gasteiger partial charge in [-0.2, -0.15) is 0 Å². The van der Waals surface area contributed by atoms with Crippen molar-refractivity contribution in [3.63, 3.8) is 0 Å². The quantitative estimate of drug-likeness (QED) is 0.860. The zero-order valence-electron chi connectivity index (χ0n) is 10.5. The van der Waals surface area contributed by atoms with Crippen LogP contribution in [0.2, 0.25) is 0 Å². The van der Waals surface area contributed by atoms with Crippen LogP contribution in [0, 0.1) is 0 Å². The third-order valence-electron chi connectivity index (χ3n) is 2.83. The average molecular weight is 390 g/mol. The molecule has 1 aliphatic rings. The molecule has 0 saturated heterocycles. The molecule has 0 unspecified atom stereocenters. The normalized spacial score (nSPS) is 14.1. The number of hydrogen-bond acceptors (Lipinski definition) is 2. The lowest BCUT2D eigenvalue weighted by molar-refractivity contribution is -0.121. The smallest absolute Gasteiger partial charge is 0.255 e. The second kappa shape index (κ2) is 6.05. The largest absolute Gasteiger partial charge is 0.352 e. The standard InChI is InChI=1S/C13H14Br2N2O2/c1-17(7-12(18)16-9-3-4-9)13(19)10-5-2-8(14)6-11(10)15/h2,5-6,9H,3-4,7H2,1H3,(H,16,18). The van der Waals surface area contributed by atoms with E-state index in [9.17, 15) is 9.59 Å². The van der Waals surface area contributed by atoms with E-state index in [1.54, 1.807) is 19.2 Å². The summed E-state index contributed by atoms with van der Waals surface area (Å²) in [4.78, 5) is 25.3. The summed E-state index contributed by atoms with van der Waals surface area (Å²) >= 11 is 6.69. The first kappa shape index (κ1) is 14.5. The number of carbonyl (C=O) groups is 2. The third-order valence-corrected chi connectivity index (χ3v) is 3.98. The van der Waals surface area contributed by atoms with Crippen LogP contribution in [0.4, 0.5) is 0 Å². The molecule has 4 nitrogen and oxygen atoms in total. The van der Waals surface area contributed by atoms with E-state index >= 15 is 0 Å². The molecule has 0 atom stereocenters. The molecule has 1 aliphatic carbocycles. The van der Waals surface area contributed by atoms with E-state index in [4.69, 9.17) is 0 Å². The molecular weight excluding hydrogens is 376 g/mol. The lowest BCUT2D eigenvalue weighted by Crippen LogP contribution is -2.39. The molecule has 1 N–H and O–H groups in total. The second-order valence-corrected chi connectivity index (χ2v) is 6.40. The lowest BCUT2D eigenvalue weighted by atomic mass is 10.2. The fraction of sp³-hybridized carbons (Fsp3) is 0.385. The van der Waals surface area contributed by atoms with Crippen molar-refractivity contribution in [2.45, 2.75) is 18.9 Å². The number of rotatable bonds is 4. The Morgan fingerprint density at radius 1 is 1.37 bits per heavy atom. The van der Waals surface area contributed by atoms with E-state index in [2.05, 4.69) is 37.2 Å². The topological polar surface area (TPSA) is 49.4 Å². The van der Waals surface area contributed by atoms with Gasteiger partial charge in [0, 0.05) is 22.0 Å². The Balaban J connectivity index is 1.99. The van der Waals surface area contributed by atoms with Crippen molar-refractivity contribution in [1.82, 2.24) is 10.2 Å². The average Bonchev–Trinajstić information content (AvgIpc) is 3.11. The highest BCUT2D eigenvalue weighted by Crippen LogP contribution is 2.23. The van der Waals surface area contributed by atoms with Gasteiger partial charge in [0.2, 0.25) is 5.91 Å². The Labute approximate surface area is 128 Å². The maximum Gasteiger partial charge on any atom is 0.255 e. The van der Waals surface area contributed by atoms with Crippen molar-refractivity contribution in [2.75, 3.05) is 13.6 Å². The van der Waals surface area contributed by atoms with Gasteiger partial charge in [-0.3, -0.25) is 9.59 Å². The number of carbonyl (C=O) groups excluding carboxylic acids is 2. The lowest BCUT2D eigenvalue weighted by Gasteiger charge is -2.17. The second-order valence-electron chi connectivity index (χ2n) is 4.63. The molecule has 0 aliphatic heterocycles. The van der Waals surface area contributed by atoms with Crippen molar-refractivity contribution in [3.05, 3.63) is 32.7 Å². The van der Waals surface area contributed by atoms with Crippen LogP contribution >= 0.6 is 31.9 Å². The van der Waals surface area contributed by atoms with Gasteiger partial charge in [-0.1, -0.05) is 15.9 Å². The molecule has 0 bridgehead atoms. The SMILES string of the molecule is CN(CC(=O)NC1CC1)C(=O)c1ccc(Br)cc1Br. The number of hydrogen-bond donors (Lipinski definition) is 1. The number of halogens is 2. The van der Waals surface area contributed by atoms with Gasteiger partial charge in [-0.25, -0.2) is 0 Å². The summed E-state index contributed by atoms with van der Waals surface area (Å²) in [5.74, 6) is -0.281. The molecule has 1 aromatic carbocycles. The van der Waals surface area contributed by atoms with Crippen molar-refractivity contribution >= 4 is 43.7 Å². The zero-order chi connectivity index (χ0) is 14.0. The Bertz CT molecular complexity index is 515. The molecule has 0 heterocycles. The minimum absolute atomic E-state index is 0.0812. The van der Waals surface area contributed by atoms with Crippen LogP contribution in [0.15, 0.2) is 27.1 Å². The number of nitrogens with one attached hydrogen (secondary N) is 1. The van der Waals surface area contributed by atoms with Crippen molar-refractivity contribution < 1.29 is 9.59 Å². The van der Waals surface area contributed by atoms with E-state index in [1.165, 1.54) is 4.90 Å². The number of nitrogens with zero attached hydrogens (tertiary/aromatic N) is 1. The molecule has 1 aromatic rings. The highest BCUT2D eigenvalue weighted by Gasteiger charge is 2.24. The molecule has 6 heteroatoms. The molecule has 2 rings (SSSR count). The summed E-state index contributed by atoms with van der Waals surface area (Å²) in [5, 5.41) is 2.86. The summed E-state index contributed by atoms with van der Waals surface area (Å²) in [7, 11) is 1.63. The van der Waals surface area contributed by atoms with Crippen LogP contribution in [0.3, 0.4) is 0 Å². The molecular formula is C13H14Br2N2O2. The fourth-order valence-electron chi connectivity index (χ4n) is 1.66. The Hall–Kier alpha value is -0.880. The van der Waals surface area contributed by atoms with Gasteiger partial charge in [-0.15, -0.1) is 0 Å². The van der Waals surface area contributed by atoms with E-state index < -0.39 is 0 Å².